The standard InChI is InChI=1S/C16H24N4O2/c1-3-19(12-15(21)17-2)16(22)13-7-6-10-20(11-13)14-8-4-5-9-18-14/h4-5,8-9,13H,3,6-7,10-12H2,1-2H3,(H,17,21). The van der Waals surface area contributed by atoms with E-state index in [1.807, 2.05) is 25.1 Å². The molecule has 22 heavy (non-hydrogen) atoms. The Bertz CT molecular complexity index is 506. The van der Waals surface area contributed by atoms with Crippen LogP contribution in [0.5, 0.6) is 0 Å². The number of hydrogen-bond donors (Lipinski definition) is 1. The van der Waals surface area contributed by atoms with E-state index >= 15 is 0 Å². The van der Waals surface area contributed by atoms with Crippen LogP contribution in [0.4, 0.5) is 5.82 Å². The van der Waals surface area contributed by atoms with Gasteiger partial charge in [0.25, 0.3) is 0 Å². The Morgan fingerprint density at radius 2 is 2.27 bits per heavy atom. The van der Waals surface area contributed by atoms with E-state index in [1.165, 1.54) is 0 Å². The van der Waals surface area contributed by atoms with Crippen molar-refractivity contribution in [2.75, 3.05) is 38.1 Å². The lowest BCUT2D eigenvalue weighted by atomic mass is 9.96. The molecule has 1 unspecified atom stereocenters. The number of nitrogens with one attached hydrogen (secondary N) is 1. The zero-order valence-electron chi connectivity index (χ0n) is 13.3. The van der Waals surface area contributed by atoms with Crippen molar-refractivity contribution in [1.82, 2.24) is 15.2 Å². The predicted octanol–water partition coefficient (Wildman–Crippen LogP) is 0.892. The van der Waals surface area contributed by atoms with E-state index in [-0.39, 0.29) is 24.3 Å². The second-order valence-corrected chi connectivity index (χ2v) is 5.50. The number of hydrogen-bond acceptors (Lipinski definition) is 4. The molecule has 2 heterocycles. The molecule has 6 nitrogen and oxygen atoms in total. The minimum absolute atomic E-state index is 0.0618. The van der Waals surface area contributed by atoms with E-state index in [4.69, 9.17) is 0 Å². The van der Waals surface area contributed by atoms with Gasteiger partial charge in [-0.25, -0.2) is 4.98 Å². The average molecular weight is 304 g/mol. The van der Waals surface area contributed by atoms with Crippen LogP contribution in [0.2, 0.25) is 0 Å². The molecular weight excluding hydrogens is 280 g/mol. The van der Waals surface area contributed by atoms with Crippen molar-refractivity contribution in [3.63, 3.8) is 0 Å². The summed E-state index contributed by atoms with van der Waals surface area (Å²) in [7, 11) is 1.59. The molecule has 1 aliphatic rings. The van der Waals surface area contributed by atoms with Crippen LogP contribution in [0.25, 0.3) is 0 Å². The molecule has 1 saturated heterocycles. The molecule has 1 aliphatic heterocycles. The summed E-state index contributed by atoms with van der Waals surface area (Å²) in [5, 5.41) is 2.57. The third-order valence-electron chi connectivity index (χ3n) is 4.05. The van der Waals surface area contributed by atoms with Crippen molar-refractivity contribution in [2.24, 2.45) is 5.92 Å². The Morgan fingerprint density at radius 1 is 1.45 bits per heavy atom. The monoisotopic (exact) mass is 304 g/mol. The number of pyridine rings is 1. The number of likely N-dealkylation sites (N-methyl/N-ethyl adjacent to an activating group) is 2. The summed E-state index contributed by atoms with van der Waals surface area (Å²) in [5.41, 5.74) is 0. The topological polar surface area (TPSA) is 65.5 Å². The van der Waals surface area contributed by atoms with Crippen molar-refractivity contribution in [3.05, 3.63) is 24.4 Å². The number of anilines is 1. The molecule has 0 aliphatic carbocycles. The first-order valence-electron chi connectivity index (χ1n) is 7.81. The van der Waals surface area contributed by atoms with E-state index in [9.17, 15) is 9.59 Å². The van der Waals surface area contributed by atoms with Crippen molar-refractivity contribution in [3.8, 4) is 0 Å². The summed E-state index contributed by atoms with van der Waals surface area (Å²) in [6, 6.07) is 5.81. The molecule has 1 fully saturated rings. The number of carbonyl (C=O) groups is 2. The molecule has 0 bridgehead atoms. The normalized spacial score (nSPS) is 17.9. The zero-order chi connectivity index (χ0) is 15.9. The number of aromatic nitrogens is 1. The smallest absolute Gasteiger partial charge is 0.239 e. The van der Waals surface area contributed by atoms with Gasteiger partial charge in [-0.3, -0.25) is 9.59 Å². The van der Waals surface area contributed by atoms with Gasteiger partial charge in [0.1, 0.15) is 5.82 Å². The van der Waals surface area contributed by atoms with E-state index in [1.54, 1.807) is 18.1 Å². The summed E-state index contributed by atoms with van der Waals surface area (Å²) >= 11 is 0. The van der Waals surface area contributed by atoms with Crippen molar-refractivity contribution in [2.45, 2.75) is 19.8 Å². The highest BCUT2D eigenvalue weighted by atomic mass is 16.2. The Kier molecular flexibility index (Phi) is 5.75. The second-order valence-electron chi connectivity index (χ2n) is 5.50. The highest BCUT2D eigenvalue weighted by Crippen LogP contribution is 2.22. The second kappa shape index (κ2) is 7.77. The molecule has 2 rings (SSSR count). The van der Waals surface area contributed by atoms with Gasteiger partial charge in [0.2, 0.25) is 11.8 Å². The molecule has 2 amide bonds. The van der Waals surface area contributed by atoms with E-state index < -0.39 is 0 Å². The third-order valence-corrected chi connectivity index (χ3v) is 4.05. The Labute approximate surface area is 131 Å². The fraction of sp³-hybridized carbons (Fsp3) is 0.562. The first-order valence-corrected chi connectivity index (χ1v) is 7.81. The first-order chi connectivity index (χ1) is 10.7. The molecule has 1 N–H and O–H groups in total. The van der Waals surface area contributed by atoms with Gasteiger partial charge < -0.3 is 15.1 Å². The van der Waals surface area contributed by atoms with Gasteiger partial charge >= 0.3 is 0 Å². The van der Waals surface area contributed by atoms with Crippen LogP contribution >= 0.6 is 0 Å². The highest BCUT2D eigenvalue weighted by Gasteiger charge is 2.29. The van der Waals surface area contributed by atoms with Crippen molar-refractivity contribution in [1.29, 1.82) is 0 Å². The molecule has 1 atom stereocenters. The Morgan fingerprint density at radius 3 is 2.91 bits per heavy atom. The van der Waals surface area contributed by atoms with Gasteiger partial charge in [-0.05, 0) is 31.9 Å². The third kappa shape index (κ3) is 3.96. The average Bonchev–Trinajstić information content (AvgIpc) is 2.59. The summed E-state index contributed by atoms with van der Waals surface area (Å²) in [5.74, 6) is 0.772. The van der Waals surface area contributed by atoms with Crippen LogP contribution in [-0.2, 0) is 9.59 Å². The number of piperidine rings is 1. The predicted molar refractivity (Wildman–Crippen MR) is 85.5 cm³/mol. The van der Waals surface area contributed by atoms with Crippen LogP contribution in [0, 0.1) is 5.92 Å². The molecule has 1 aromatic rings. The molecule has 0 spiro atoms. The number of amides is 2. The number of nitrogens with zero attached hydrogens (tertiary/aromatic N) is 3. The van der Waals surface area contributed by atoms with Gasteiger partial charge in [0.15, 0.2) is 0 Å². The maximum absolute atomic E-state index is 12.7. The molecule has 6 heteroatoms. The zero-order valence-corrected chi connectivity index (χ0v) is 13.3. The summed E-state index contributed by atoms with van der Waals surface area (Å²) in [4.78, 5) is 32.3. The lowest BCUT2D eigenvalue weighted by Crippen LogP contribution is -2.47. The minimum atomic E-state index is -0.132. The van der Waals surface area contributed by atoms with Gasteiger partial charge in [-0.1, -0.05) is 6.07 Å². The van der Waals surface area contributed by atoms with Crippen molar-refractivity contribution >= 4 is 17.6 Å². The van der Waals surface area contributed by atoms with Crippen LogP contribution in [-0.4, -0.2) is 54.9 Å². The lowest BCUT2D eigenvalue weighted by Gasteiger charge is -2.35. The van der Waals surface area contributed by atoms with Crippen LogP contribution in [0.3, 0.4) is 0 Å². The van der Waals surface area contributed by atoms with Crippen LogP contribution in [0.15, 0.2) is 24.4 Å². The van der Waals surface area contributed by atoms with Crippen molar-refractivity contribution < 1.29 is 9.59 Å². The van der Waals surface area contributed by atoms with Gasteiger partial charge in [-0.2, -0.15) is 0 Å². The van der Waals surface area contributed by atoms with Crippen LogP contribution < -0.4 is 10.2 Å². The highest BCUT2D eigenvalue weighted by molar-refractivity contribution is 5.86. The molecule has 1 aromatic heterocycles. The van der Waals surface area contributed by atoms with Gasteiger partial charge in [-0.15, -0.1) is 0 Å². The maximum atomic E-state index is 12.7. The largest absolute Gasteiger partial charge is 0.358 e. The van der Waals surface area contributed by atoms with Gasteiger partial charge in [0.05, 0.1) is 12.5 Å². The minimum Gasteiger partial charge on any atom is -0.358 e. The number of rotatable bonds is 5. The van der Waals surface area contributed by atoms with Gasteiger partial charge in [0, 0.05) is 32.9 Å². The fourth-order valence-electron chi connectivity index (χ4n) is 2.78. The summed E-state index contributed by atoms with van der Waals surface area (Å²) < 4.78 is 0. The molecular formula is C16H24N4O2. The SMILES string of the molecule is CCN(CC(=O)NC)C(=O)C1CCCN(c2ccccn2)C1. The fourth-order valence-corrected chi connectivity index (χ4v) is 2.78. The molecule has 0 saturated carbocycles. The Hall–Kier alpha value is -2.11. The van der Waals surface area contributed by atoms with Crippen LogP contribution in [0.1, 0.15) is 19.8 Å². The van der Waals surface area contributed by atoms with E-state index in [2.05, 4.69) is 15.2 Å². The Balaban J connectivity index is 2.01. The summed E-state index contributed by atoms with van der Waals surface area (Å²) in [6.07, 6.45) is 3.60. The first kappa shape index (κ1) is 16.3. The lowest BCUT2D eigenvalue weighted by molar-refractivity contribution is -0.139. The summed E-state index contributed by atoms with van der Waals surface area (Å²) in [6.45, 7) is 4.17. The molecule has 0 radical (unpaired) electrons. The quantitative estimate of drug-likeness (QED) is 0.877. The molecule has 0 aromatic carbocycles. The molecule has 120 valence electrons. The van der Waals surface area contributed by atoms with E-state index in [0.717, 1.165) is 25.2 Å². The van der Waals surface area contributed by atoms with E-state index in [0.29, 0.717) is 13.1 Å². The number of carbonyl (C=O) groups excluding carboxylic acids is 2. The maximum Gasteiger partial charge on any atom is 0.239 e.